The summed E-state index contributed by atoms with van der Waals surface area (Å²) in [7, 11) is -3.56. The summed E-state index contributed by atoms with van der Waals surface area (Å²) < 4.78 is 28.3. The smallest absolute Gasteiger partial charge is 0.261 e. The van der Waals surface area contributed by atoms with Gasteiger partial charge in [-0.25, -0.2) is 8.42 Å². The minimum atomic E-state index is -3.56. The van der Waals surface area contributed by atoms with Crippen LogP contribution in [0.2, 0.25) is 0 Å². The maximum atomic E-state index is 12.4. The van der Waals surface area contributed by atoms with E-state index in [-0.39, 0.29) is 4.90 Å². The molecule has 3 nitrogen and oxygen atoms in total. The Balaban J connectivity index is 2.41. The maximum Gasteiger partial charge on any atom is 0.261 e. The summed E-state index contributed by atoms with van der Waals surface area (Å²) >= 11 is 3.44. The van der Waals surface area contributed by atoms with Gasteiger partial charge >= 0.3 is 0 Å². The Morgan fingerprint density at radius 2 is 1.55 bits per heavy atom. The van der Waals surface area contributed by atoms with Crippen molar-refractivity contribution in [3.05, 3.63) is 57.6 Å². The van der Waals surface area contributed by atoms with Crippen molar-refractivity contribution in [2.75, 3.05) is 4.72 Å². The molecule has 0 amide bonds. The molecule has 0 radical (unpaired) electrons. The molecule has 0 unspecified atom stereocenters. The molecule has 106 valence electrons. The molecule has 0 aliphatic rings. The molecule has 0 aliphatic heterocycles. The summed E-state index contributed by atoms with van der Waals surface area (Å²) in [5.41, 5.74) is 3.48. The topological polar surface area (TPSA) is 46.2 Å². The van der Waals surface area contributed by atoms with Crippen LogP contribution in [-0.2, 0) is 10.0 Å². The zero-order chi connectivity index (χ0) is 14.9. The molecule has 0 fully saturated rings. The van der Waals surface area contributed by atoms with Crippen LogP contribution in [0.15, 0.2) is 45.8 Å². The van der Waals surface area contributed by atoms with Crippen LogP contribution < -0.4 is 4.72 Å². The third kappa shape index (κ3) is 3.22. The van der Waals surface area contributed by atoms with E-state index in [2.05, 4.69) is 20.7 Å². The van der Waals surface area contributed by atoms with Gasteiger partial charge in [-0.15, -0.1) is 0 Å². The average molecular weight is 354 g/mol. The van der Waals surface area contributed by atoms with Crippen LogP contribution >= 0.6 is 15.9 Å². The lowest BCUT2D eigenvalue weighted by atomic mass is 10.1. The van der Waals surface area contributed by atoms with Gasteiger partial charge in [0, 0.05) is 4.47 Å². The van der Waals surface area contributed by atoms with E-state index in [0.717, 1.165) is 21.2 Å². The Kier molecular flexibility index (Phi) is 4.20. The first kappa shape index (κ1) is 15.1. The Morgan fingerprint density at radius 3 is 2.15 bits per heavy atom. The van der Waals surface area contributed by atoms with E-state index in [9.17, 15) is 8.42 Å². The number of anilines is 1. The number of halogens is 1. The Labute approximate surface area is 128 Å². The quantitative estimate of drug-likeness (QED) is 0.899. The summed E-state index contributed by atoms with van der Waals surface area (Å²) in [6.07, 6.45) is 0. The summed E-state index contributed by atoms with van der Waals surface area (Å²) in [5, 5.41) is 0. The monoisotopic (exact) mass is 353 g/mol. The van der Waals surface area contributed by atoms with Crippen molar-refractivity contribution in [2.45, 2.75) is 25.7 Å². The number of nitrogens with one attached hydrogen (secondary N) is 1. The molecule has 2 aromatic rings. The molecule has 0 heterocycles. The zero-order valence-electron chi connectivity index (χ0n) is 11.6. The van der Waals surface area contributed by atoms with E-state index in [0.29, 0.717) is 5.69 Å². The molecular formula is C15H16BrNO2S. The van der Waals surface area contributed by atoms with Crippen LogP contribution in [0.3, 0.4) is 0 Å². The number of rotatable bonds is 3. The highest BCUT2D eigenvalue weighted by Gasteiger charge is 2.16. The van der Waals surface area contributed by atoms with Crippen LogP contribution in [0.25, 0.3) is 0 Å². The zero-order valence-corrected chi connectivity index (χ0v) is 14.0. The molecule has 2 rings (SSSR count). The van der Waals surface area contributed by atoms with Crippen LogP contribution in [0.5, 0.6) is 0 Å². The third-order valence-electron chi connectivity index (χ3n) is 3.06. The average Bonchev–Trinajstić information content (AvgIpc) is 2.35. The van der Waals surface area contributed by atoms with E-state index < -0.39 is 10.0 Å². The molecule has 20 heavy (non-hydrogen) atoms. The highest BCUT2D eigenvalue weighted by Crippen LogP contribution is 2.27. The summed E-state index contributed by atoms with van der Waals surface area (Å²) in [5.74, 6) is 0. The SMILES string of the molecule is Cc1ccc(S(=O)(=O)Nc2cc(C)cc(Br)c2C)cc1. The molecule has 1 N–H and O–H groups in total. The lowest BCUT2D eigenvalue weighted by Crippen LogP contribution is -2.14. The predicted octanol–water partition coefficient (Wildman–Crippen LogP) is 4.18. The molecule has 0 aliphatic carbocycles. The second-order valence-corrected chi connectivity index (χ2v) is 7.37. The summed E-state index contributed by atoms with van der Waals surface area (Å²) in [6.45, 7) is 5.72. The number of sulfonamides is 1. The van der Waals surface area contributed by atoms with Gasteiger partial charge in [-0.3, -0.25) is 4.72 Å². The van der Waals surface area contributed by atoms with E-state index in [1.165, 1.54) is 0 Å². The predicted molar refractivity (Wildman–Crippen MR) is 85.6 cm³/mol. The van der Waals surface area contributed by atoms with Crippen molar-refractivity contribution in [1.29, 1.82) is 0 Å². The first-order valence-corrected chi connectivity index (χ1v) is 8.43. The van der Waals surface area contributed by atoms with Gasteiger partial charge in [0.1, 0.15) is 0 Å². The first-order valence-electron chi connectivity index (χ1n) is 6.16. The molecule has 0 saturated heterocycles. The molecule has 0 aromatic heterocycles. The standard InChI is InChI=1S/C15H16BrNO2S/c1-10-4-6-13(7-5-10)20(18,19)17-15-9-11(2)8-14(16)12(15)3/h4-9,17H,1-3H3. The Hall–Kier alpha value is -1.33. The van der Waals surface area contributed by atoms with E-state index in [1.807, 2.05) is 32.9 Å². The second kappa shape index (κ2) is 5.58. The molecule has 5 heteroatoms. The van der Waals surface area contributed by atoms with Gasteiger partial charge in [0.2, 0.25) is 0 Å². The van der Waals surface area contributed by atoms with Gasteiger partial charge in [0.05, 0.1) is 10.6 Å². The number of benzene rings is 2. The minimum Gasteiger partial charge on any atom is -0.279 e. The third-order valence-corrected chi connectivity index (χ3v) is 5.27. The largest absolute Gasteiger partial charge is 0.279 e. The summed E-state index contributed by atoms with van der Waals surface area (Å²) in [6, 6.07) is 10.6. The summed E-state index contributed by atoms with van der Waals surface area (Å²) in [4.78, 5) is 0.264. The van der Waals surface area contributed by atoms with E-state index in [4.69, 9.17) is 0 Å². The van der Waals surface area contributed by atoms with Crippen molar-refractivity contribution < 1.29 is 8.42 Å². The van der Waals surface area contributed by atoms with Crippen molar-refractivity contribution in [3.8, 4) is 0 Å². The van der Waals surface area contributed by atoms with Crippen molar-refractivity contribution in [3.63, 3.8) is 0 Å². The van der Waals surface area contributed by atoms with Crippen LogP contribution in [-0.4, -0.2) is 8.42 Å². The van der Waals surface area contributed by atoms with Gasteiger partial charge in [0.15, 0.2) is 0 Å². The normalized spacial score (nSPS) is 11.4. The fraction of sp³-hybridized carbons (Fsp3) is 0.200. The second-order valence-electron chi connectivity index (χ2n) is 4.84. The molecule has 0 saturated carbocycles. The number of hydrogen-bond donors (Lipinski definition) is 1. The van der Waals surface area contributed by atoms with Crippen molar-refractivity contribution in [1.82, 2.24) is 0 Å². The molecule has 2 aromatic carbocycles. The van der Waals surface area contributed by atoms with E-state index >= 15 is 0 Å². The van der Waals surface area contributed by atoms with Gasteiger partial charge in [-0.1, -0.05) is 33.6 Å². The molecule has 0 atom stereocenters. The van der Waals surface area contributed by atoms with Crippen LogP contribution in [0.1, 0.15) is 16.7 Å². The van der Waals surface area contributed by atoms with Crippen molar-refractivity contribution in [2.24, 2.45) is 0 Å². The van der Waals surface area contributed by atoms with Crippen molar-refractivity contribution >= 4 is 31.6 Å². The lowest BCUT2D eigenvalue weighted by molar-refractivity contribution is 0.601. The maximum absolute atomic E-state index is 12.4. The van der Waals surface area contributed by atoms with Crippen LogP contribution in [0, 0.1) is 20.8 Å². The lowest BCUT2D eigenvalue weighted by Gasteiger charge is -2.13. The van der Waals surface area contributed by atoms with E-state index in [1.54, 1.807) is 24.3 Å². The molecule has 0 spiro atoms. The number of aryl methyl sites for hydroxylation is 2. The van der Waals surface area contributed by atoms with Gasteiger partial charge in [-0.05, 0) is 56.2 Å². The Morgan fingerprint density at radius 1 is 0.950 bits per heavy atom. The molecule has 0 bridgehead atoms. The fourth-order valence-corrected chi connectivity index (χ4v) is 3.53. The number of hydrogen-bond acceptors (Lipinski definition) is 2. The van der Waals surface area contributed by atoms with Gasteiger partial charge in [-0.2, -0.15) is 0 Å². The van der Waals surface area contributed by atoms with Crippen LogP contribution in [0.4, 0.5) is 5.69 Å². The van der Waals surface area contributed by atoms with Gasteiger partial charge < -0.3 is 0 Å². The van der Waals surface area contributed by atoms with Gasteiger partial charge in [0.25, 0.3) is 10.0 Å². The highest BCUT2D eigenvalue weighted by atomic mass is 79.9. The first-order chi connectivity index (χ1) is 9.29. The minimum absolute atomic E-state index is 0.264. The highest BCUT2D eigenvalue weighted by molar-refractivity contribution is 9.10. The fourth-order valence-electron chi connectivity index (χ4n) is 1.84. The Bertz CT molecular complexity index is 737. The molecular weight excluding hydrogens is 338 g/mol.